The summed E-state index contributed by atoms with van der Waals surface area (Å²) >= 11 is 0. The Hall–Kier alpha value is -7.44. The van der Waals surface area contributed by atoms with Crippen molar-refractivity contribution < 1.29 is 8.83 Å². The van der Waals surface area contributed by atoms with Gasteiger partial charge in [0, 0.05) is 43.4 Å². The van der Waals surface area contributed by atoms with E-state index in [1.165, 1.54) is 21.5 Å². The van der Waals surface area contributed by atoms with E-state index in [2.05, 4.69) is 125 Å². The molecule has 0 saturated carbocycles. The van der Waals surface area contributed by atoms with Crippen LogP contribution in [0, 0.1) is 0 Å². The normalized spacial score (nSPS) is 14.7. The van der Waals surface area contributed by atoms with Crippen molar-refractivity contribution in [1.29, 1.82) is 0 Å². The molecule has 1 N–H and O–H groups in total. The summed E-state index contributed by atoms with van der Waals surface area (Å²) in [6.45, 7) is 0. The van der Waals surface area contributed by atoms with Crippen LogP contribution in [-0.2, 0) is 0 Å². The van der Waals surface area contributed by atoms with Gasteiger partial charge in [0.2, 0.25) is 0 Å². The lowest BCUT2D eigenvalue weighted by molar-refractivity contribution is 0.665. The molecule has 0 amide bonds. The summed E-state index contributed by atoms with van der Waals surface area (Å²) in [7, 11) is 0. The highest BCUT2D eigenvalue weighted by atomic mass is 16.3. The van der Waals surface area contributed by atoms with Crippen molar-refractivity contribution in [3.8, 4) is 5.69 Å². The quantitative estimate of drug-likeness (QED) is 0.198. The first-order valence-corrected chi connectivity index (χ1v) is 18.5. The summed E-state index contributed by atoms with van der Waals surface area (Å²) in [4.78, 5) is 10.5. The van der Waals surface area contributed by atoms with Crippen molar-refractivity contribution in [2.45, 2.75) is 6.17 Å². The Bertz CT molecular complexity index is 3420. The molecule has 0 saturated heterocycles. The molecular weight excluding hydrogens is 677 g/mol. The molecule has 258 valence electrons. The Morgan fingerprint density at radius 2 is 1.24 bits per heavy atom. The number of nitrogens with zero attached hydrogens (tertiary/aromatic N) is 3. The number of nitrogens with one attached hydrogen (secondary N) is 1. The molecule has 1 unspecified atom stereocenters. The minimum atomic E-state index is -0.350. The van der Waals surface area contributed by atoms with Gasteiger partial charge in [-0.15, -0.1) is 0 Å². The Labute approximate surface area is 314 Å². The summed E-state index contributed by atoms with van der Waals surface area (Å²) < 4.78 is 15.4. The third kappa shape index (κ3) is 4.55. The molecule has 0 aliphatic carbocycles. The predicted molar refractivity (Wildman–Crippen MR) is 225 cm³/mol. The summed E-state index contributed by atoms with van der Waals surface area (Å²) in [5.41, 5.74) is 9.48. The number of fused-ring (bicyclic) bond motifs is 10. The molecule has 6 nitrogen and oxygen atoms in total. The third-order valence-electron chi connectivity index (χ3n) is 11.0. The van der Waals surface area contributed by atoms with Crippen LogP contribution in [0.25, 0.3) is 82.1 Å². The van der Waals surface area contributed by atoms with E-state index in [4.69, 9.17) is 18.8 Å². The number of rotatable bonds is 4. The lowest BCUT2D eigenvalue weighted by atomic mass is 10.0. The van der Waals surface area contributed by atoms with Crippen LogP contribution in [0.15, 0.2) is 189 Å². The van der Waals surface area contributed by atoms with Crippen molar-refractivity contribution >= 4 is 88.1 Å². The molecule has 0 spiro atoms. The lowest BCUT2D eigenvalue weighted by Gasteiger charge is -2.24. The van der Waals surface area contributed by atoms with E-state index in [1.54, 1.807) is 0 Å². The number of aliphatic imine (C=N–C) groups is 2. The fourth-order valence-electron chi connectivity index (χ4n) is 8.51. The van der Waals surface area contributed by atoms with Gasteiger partial charge < -0.3 is 18.7 Å². The molecular formula is C49H30N4O2. The highest BCUT2D eigenvalue weighted by molar-refractivity contribution is 6.23. The van der Waals surface area contributed by atoms with Gasteiger partial charge in [-0.1, -0.05) is 115 Å². The van der Waals surface area contributed by atoms with E-state index >= 15 is 0 Å². The van der Waals surface area contributed by atoms with Crippen molar-refractivity contribution in [2.75, 3.05) is 0 Å². The van der Waals surface area contributed by atoms with Gasteiger partial charge in [-0.05, 0) is 70.9 Å². The van der Waals surface area contributed by atoms with Crippen LogP contribution < -0.4 is 5.32 Å². The number of hydrogen-bond donors (Lipinski definition) is 1. The maximum absolute atomic E-state index is 6.88. The molecule has 1 aliphatic heterocycles. The zero-order chi connectivity index (χ0) is 36.0. The molecule has 6 heteroatoms. The first kappa shape index (κ1) is 30.1. The Kier molecular flexibility index (Phi) is 6.30. The molecule has 4 heterocycles. The second kappa shape index (κ2) is 11.5. The molecule has 0 radical (unpaired) electrons. The van der Waals surface area contributed by atoms with E-state index in [0.717, 1.165) is 83.1 Å². The topological polar surface area (TPSA) is 68.0 Å². The maximum Gasteiger partial charge on any atom is 0.160 e. The first-order chi connectivity index (χ1) is 27.2. The number of para-hydroxylation sites is 3. The first-order valence-electron chi connectivity index (χ1n) is 18.5. The molecule has 3 aromatic heterocycles. The van der Waals surface area contributed by atoms with Gasteiger partial charge in [-0.2, -0.15) is 0 Å². The summed E-state index contributed by atoms with van der Waals surface area (Å²) in [6.07, 6.45) is -0.350. The monoisotopic (exact) mass is 706 g/mol. The predicted octanol–water partition coefficient (Wildman–Crippen LogP) is 12.2. The molecule has 8 aromatic carbocycles. The standard InChI is InChI=1S/C49H30N4O2/c1-2-12-29(13-3-1)47-50-48(32-24-25-43-38(27-32)34-17-7-9-22-42(34)54-43)52-49(51-47)36-19-11-23-44-45(36)35-18-10-21-40(46(35)55-44)53-39-20-8-6-16-33(39)37-26-30-14-4-5-15-31(30)28-41(37)53/h1-28,47H,(H,50,51,52). The Morgan fingerprint density at radius 3 is 2.15 bits per heavy atom. The molecule has 12 rings (SSSR count). The number of hydrogen-bond acceptors (Lipinski definition) is 5. The zero-order valence-electron chi connectivity index (χ0n) is 29.4. The molecule has 1 atom stereocenters. The van der Waals surface area contributed by atoms with E-state index in [9.17, 15) is 0 Å². The number of benzene rings is 8. The second-order valence-electron chi connectivity index (χ2n) is 14.2. The molecule has 55 heavy (non-hydrogen) atoms. The van der Waals surface area contributed by atoms with Gasteiger partial charge in [0.15, 0.2) is 11.4 Å². The largest absolute Gasteiger partial charge is 0.456 e. The third-order valence-corrected chi connectivity index (χ3v) is 11.0. The van der Waals surface area contributed by atoms with Crippen LogP contribution in [0.1, 0.15) is 22.9 Å². The lowest BCUT2D eigenvalue weighted by Crippen LogP contribution is -2.33. The van der Waals surface area contributed by atoms with E-state index < -0.39 is 0 Å². The summed E-state index contributed by atoms with van der Waals surface area (Å²) in [6, 6.07) is 59.1. The van der Waals surface area contributed by atoms with Crippen LogP contribution in [0.2, 0.25) is 0 Å². The molecule has 11 aromatic rings. The highest BCUT2D eigenvalue weighted by Gasteiger charge is 2.25. The van der Waals surface area contributed by atoms with Crippen LogP contribution in [0.5, 0.6) is 0 Å². The second-order valence-corrected chi connectivity index (χ2v) is 14.2. The van der Waals surface area contributed by atoms with Gasteiger partial charge in [0.25, 0.3) is 0 Å². The number of furan rings is 2. The van der Waals surface area contributed by atoms with Gasteiger partial charge in [-0.3, -0.25) is 0 Å². The highest BCUT2D eigenvalue weighted by Crippen LogP contribution is 2.41. The fourth-order valence-corrected chi connectivity index (χ4v) is 8.51. The van der Waals surface area contributed by atoms with E-state index in [0.29, 0.717) is 5.84 Å². The minimum Gasteiger partial charge on any atom is -0.456 e. The molecule has 1 aliphatic rings. The fraction of sp³-hybridized carbons (Fsp3) is 0.0204. The van der Waals surface area contributed by atoms with Crippen LogP contribution in [-0.4, -0.2) is 16.2 Å². The zero-order valence-corrected chi connectivity index (χ0v) is 29.4. The average molecular weight is 707 g/mol. The SMILES string of the molecule is c1ccc(C2N=C(c3cccc4oc5c(-n6c7ccccc7c7cc8ccccc8cc76)cccc5c34)N=C(c3ccc4oc5ccccc5c4c3)N2)cc1. The van der Waals surface area contributed by atoms with Crippen molar-refractivity contribution in [2.24, 2.45) is 9.98 Å². The van der Waals surface area contributed by atoms with Crippen LogP contribution in [0.4, 0.5) is 0 Å². The van der Waals surface area contributed by atoms with Crippen molar-refractivity contribution in [1.82, 2.24) is 9.88 Å². The van der Waals surface area contributed by atoms with Crippen LogP contribution >= 0.6 is 0 Å². The smallest absolute Gasteiger partial charge is 0.160 e. The van der Waals surface area contributed by atoms with Gasteiger partial charge in [0.05, 0.1) is 16.7 Å². The van der Waals surface area contributed by atoms with Gasteiger partial charge in [-0.25, -0.2) is 9.98 Å². The molecule has 0 fully saturated rings. The average Bonchev–Trinajstić information content (AvgIpc) is 3.92. The van der Waals surface area contributed by atoms with Gasteiger partial charge in [0.1, 0.15) is 28.8 Å². The number of amidine groups is 2. The summed E-state index contributed by atoms with van der Waals surface area (Å²) in [5.74, 6) is 1.39. The van der Waals surface area contributed by atoms with E-state index in [-0.39, 0.29) is 6.17 Å². The van der Waals surface area contributed by atoms with Gasteiger partial charge >= 0.3 is 0 Å². The van der Waals surface area contributed by atoms with Crippen LogP contribution in [0.3, 0.4) is 0 Å². The maximum atomic E-state index is 6.88. The Morgan fingerprint density at radius 1 is 0.509 bits per heavy atom. The summed E-state index contributed by atoms with van der Waals surface area (Å²) in [5, 5.41) is 12.6. The minimum absolute atomic E-state index is 0.350. The van der Waals surface area contributed by atoms with Crippen molar-refractivity contribution in [3.63, 3.8) is 0 Å². The van der Waals surface area contributed by atoms with Crippen molar-refractivity contribution in [3.05, 3.63) is 187 Å². The molecule has 0 bridgehead atoms. The van der Waals surface area contributed by atoms with E-state index in [1.807, 2.05) is 54.6 Å². The Balaban J connectivity index is 1.08. The number of aromatic nitrogens is 1.